The molecule has 2 amide bonds. The number of ketones is 1. The van der Waals surface area contributed by atoms with Gasteiger partial charge in [-0.25, -0.2) is 0 Å². The first kappa shape index (κ1) is 26.2. The molecule has 3 heterocycles. The zero-order valence-corrected chi connectivity index (χ0v) is 22.4. The van der Waals surface area contributed by atoms with Crippen molar-refractivity contribution in [2.45, 2.75) is 70.6 Å². The average molecular weight is 511 g/mol. The van der Waals surface area contributed by atoms with Crippen LogP contribution in [-0.4, -0.2) is 91.5 Å². The maximum absolute atomic E-state index is 14.0. The smallest absolute Gasteiger partial charge is 0.251 e. The minimum Gasteiger partial charge on any atom is -0.369 e. The molecule has 8 heteroatoms. The standard InChI is InChI=1S/C29H42N4O4/c1-3-20-18-33(26-24(34)19-37-27(20)26)29(36)25(21-8-6-5-7-9-21)30-28(35)22-10-12-23(13-11-22)32-16-14-31(4-2)15-17-32/h10-13,20-21,25-27H,3-9,14-19H2,1-2H3,(H,30,35)/t20-,25-,26+,27+/m0/s1. The summed E-state index contributed by atoms with van der Waals surface area (Å²) < 4.78 is 5.78. The first-order valence-electron chi connectivity index (χ1n) is 14.3. The van der Waals surface area contributed by atoms with Crippen LogP contribution < -0.4 is 10.2 Å². The van der Waals surface area contributed by atoms with Gasteiger partial charge in [0.1, 0.15) is 18.7 Å². The van der Waals surface area contributed by atoms with E-state index in [2.05, 4.69) is 29.0 Å². The van der Waals surface area contributed by atoms with E-state index in [0.717, 1.165) is 76.9 Å². The number of carbonyl (C=O) groups is 3. The van der Waals surface area contributed by atoms with Gasteiger partial charge in [0, 0.05) is 49.9 Å². The molecule has 0 spiro atoms. The number of anilines is 1. The lowest BCUT2D eigenvalue weighted by Crippen LogP contribution is -2.55. The zero-order valence-electron chi connectivity index (χ0n) is 22.4. The Balaban J connectivity index is 1.30. The molecule has 1 saturated carbocycles. The number of amides is 2. The molecule has 1 aromatic rings. The number of likely N-dealkylation sites (tertiary alicyclic amines) is 1. The van der Waals surface area contributed by atoms with Crippen molar-refractivity contribution < 1.29 is 19.1 Å². The highest BCUT2D eigenvalue weighted by Crippen LogP contribution is 2.36. The Kier molecular flexibility index (Phi) is 8.15. The molecule has 4 atom stereocenters. The number of benzene rings is 1. The molecule has 4 aliphatic rings. The number of hydrogen-bond acceptors (Lipinski definition) is 6. The molecule has 3 saturated heterocycles. The van der Waals surface area contributed by atoms with Crippen molar-refractivity contribution in [3.63, 3.8) is 0 Å². The number of fused-ring (bicyclic) bond motifs is 1. The number of piperazine rings is 1. The average Bonchev–Trinajstić information content (AvgIpc) is 3.52. The fourth-order valence-electron chi connectivity index (χ4n) is 6.74. The first-order chi connectivity index (χ1) is 18.0. The van der Waals surface area contributed by atoms with Crippen LogP contribution in [-0.2, 0) is 14.3 Å². The highest BCUT2D eigenvalue weighted by atomic mass is 16.5. The number of likely N-dealkylation sites (N-methyl/N-ethyl adjacent to an activating group) is 1. The second kappa shape index (κ2) is 11.5. The summed E-state index contributed by atoms with van der Waals surface area (Å²) in [6, 6.07) is 6.64. The summed E-state index contributed by atoms with van der Waals surface area (Å²) >= 11 is 0. The molecule has 1 N–H and O–H groups in total. The van der Waals surface area contributed by atoms with E-state index in [0.29, 0.717) is 12.1 Å². The predicted octanol–water partition coefficient (Wildman–Crippen LogP) is 2.71. The fraction of sp³-hybridized carbons (Fsp3) is 0.690. The predicted molar refractivity (Wildman–Crippen MR) is 143 cm³/mol. The second-order valence-corrected chi connectivity index (χ2v) is 11.2. The second-order valence-electron chi connectivity index (χ2n) is 11.2. The van der Waals surface area contributed by atoms with Crippen molar-refractivity contribution in [3.8, 4) is 0 Å². The fourth-order valence-corrected chi connectivity index (χ4v) is 6.74. The van der Waals surface area contributed by atoms with E-state index >= 15 is 0 Å². The molecule has 37 heavy (non-hydrogen) atoms. The highest BCUT2D eigenvalue weighted by Gasteiger charge is 2.53. The molecular formula is C29H42N4O4. The summed E-state index contributed by atoms with van der Waals surface area (Å²) in [4.78, 5) is 46.6. The van der Waals surface area contributed by atoms with Crippen molar-refractivity contribution >= 4 is 23.3 Å². The number of rotatable bonds is 7. The molecule has 0 radical (unpaired) electrons. The lowest BCUT2D eigenvalue weighted by molar-refractivity contribution is -0.139. The summed E-state index contributed by atoms with van der Waals surface area (Å²) in [7, 11) is 0. The van der Waals surface area contributed by atoms with Crippen LogP contribution in [0.1, 0.15) is 62.7 Å². The molecule has 5 rings (SSSR count). The summed E-state index contributed by atoms with van der Waals surface area (Å²) in [5, 5.41) is 3.12. The van der Waals surface area contributed by atoms with E-state index in [4.69, 9.17) is 4.74 Å². The van der Waals surface area contributed by atoms with Gasteiger partial charge in [-0.2, -0.15) is 0 Å². The molecule has 0 bridgehead atoms. The zero-order chi connectivity index (χ0) is 25.9. The molecule has 0 unspecified atom stereocenters. The topological polar surface area (TPSA) is 82.2 Å². The summed E-state index contributed by atoms with van der Waals surface area (Å²) in [6.07, 6.45) is 5.78. The highest BCUT2D eigenvalue weighted by molar-refractivity contribution is 5.99. The molecular weight excluding hydrogens is 468 g/mol. The third-order valence-corrected chi connectivity index (χ3v) is 9.09. The van der Waals surface area contributed by atoms with Crippen LogP contribution in [0.15, 0.2) is 24.3 Å². The van der Waals surface area contributed by atoms with Crippen LogP contribution in [0.25, 0.3) is 0 Å². The van der Waals surface area contributed by atoms with E-state index in [1.807, 2.05) is 24.3 Å². The Morgan fingerprint density at radius 2 is 1.73 bits per heavy atom. The van der Waals surface area contributed by atoms with Crippen molar-refractivity contribution in [3.05, 3.63) is 29.8 Å². The van der Waals surface area contributed by atoms with E-state index in [-0.39, 0.29) is 42.1 Å². The molecule has 202 valence electrons. The van der Waals surface area contributed by atoms with Crippen molar-refractivity contribution in [2.75, 3.05) is 50.8 Å². The van der Waals surface area contributed by atoms with Gasteiger partial charge in [-0.1, -0.05) is 33.1 Å². The van der Waals surface area contributed by atoms with Gasteiger partial charge in [0.25, 0.3) is 5.91 Å². The van der Waals surface area contributed by atoms with Crippen molar-refractivity contribution in [1.82, 2.24) is 15.1 Å². The molecule has 3 aliphatic heterocycles. The molecule has 8 nitrogen and oxygen atoms in total. The third-order valence-electron chi connectivity index (χ3n) is 9.09. The lowest BCUT2D eigenvalue weighted by Gasteiger charge is -2.35. The van der Waals surface area contributed by atoms with Gasteiger partial charge in [-0.3, -0.25) is 14.4 Å². The van der Waals surface area contributed by atoms with Gasteiger partial charge in [-0.05, 0) is 56.0 Å². The Bertz CT molecular complexity index is 969. The minimum absolute atomic E-state index is 0.0154. The number of nitrogens with one attached hydrogen (secondary N) is 1. The van der Waals surface area contributed by atoms with Gasteiger partial charge in [0.05, 0.1) is 6.10 Å². The first-order valence-corrected chi connectivity index (χ1v) is 14.3. The summed E-state index contributed by atoms with van der Waals surface area (Å²) in [5.41, 5.74) is 1.69. The van der Waals surface area contributed by atoms with Crippen LogP contribution in [0.4, 0.5) is 5.69 Å². The molecule has 1 aromatic carbocycles. The number of carbonyl (C=O) groups excluding carboxylic acids is 3. The Labute approximate surface area is 220 Å². The number of ether oxygens (including phenoxy) is 1. The van der Waals surface area contributed by atoms with Crippen LogP contribution in [0.2, 0.25) is 0 Å². The Hall–Kier alpha value is -2.45. The lowest BCUT2D eigenvalue weighted by atomic mass is 9.83. The normalized spacial score (nSPS) is 27.8. The molecule has 0 aromatic heterocycles. The monoisotopic (exact) mass is 510 g/mol. The van der Waals surface area contributed by atoms with Gasteiger partial charge >= 0.3 is 0 Å². The minimum atomic E-state index is -0.612. The summed E-state index contributed by atoms with van der Waals surface area (Å²) in [6.45, 7) is 10.0. The van der Waals surface area contributed by atoms with Crippen LogP contribution >= 0.6 is 0 Å². The van der Waals surface area contributed by atoms with Gasteiger partial charge in [0.2, 0.25) is 5.91 Å². The van der Waals surface area contributed by atoms with E-state index in [1.54, 1.807) is 4.90 Å². The van der Waals surface area contributed by atoms with Gasteiger partial charge < -0.3 is 24.8 Å². The van der Waals surface area contributed by atoms with Crippen LogP contribution in [0, 0.1) is 11.8 Å². The third kappa shape index (κ3) is 5.41. The van der Waals surface area contributed by atoms with Gasteiger partial charge in [0.15, 0.2) is 5.78 Å². The largest absolute Gasteiger partial charge is 0.369 e. The number of nitrogens with zero attached hydrogens (tertiary/aromatic N) is 3. The number of Topliss-reactive ketones (excluding diaryl/α,β-unsaturated/α-hetero) is 1. The Morgan fingerprint density at radius 1 is 1.03 bits per heavy atom. The van der Waals surface area contributed by atoms with E-state index < -0.39 is 12.1 Å². The molecule has 1 aliphatic carbocycles. The van der Waals surface area contributed by atoms with Crippen LogP contribution in [0.5, 0.6) is 0 Å². The molecule has 4 fully saturated rings. The SMILES string of the molecule is CC[C@H]1CN(C(=O)[C@@H](NC(=O)c2ccc(N3CCN(CC)CC3)cc2)C2CCCCC2)[C@@H]2C(=O)CO[C@H]12. The Morgan fingerprint density at radius 3 is 2.38 bits per heavy atom. The number of hydrogen-bond donors (Lipinski definition) is 1. The summed E-state index contributed by atoms with van der Waals surface area (Å²) in [5.74, 6) is -0.0948. The maximum atomic E-state index is 14.0. The van der Waals surface area contributed by atoms with E-state index in [1.165, 1.54) is 0 Å². The van der Waals surface area contributed by atoms with Crippen LogP contribution in [0.3, 0.4) is 0 Å². The van der Waals surface area contributed by atoms with E-state index in [9.17, 15) is 14.4 Å². The van der Waals surface area contributed by atoms with Gasteiger partial charge in [-0.15, -0.1) is 0 Å². The van der Waals surface area contributed by atoms with Crippen molar-refractivity contribution in [1.29, 1.82) is 0 Å². The quantitative estimate of drug-likeness (QED) is 0.608. The maximum Gasteiger partial charge on any atom is 0.251 e. The van der Waals surface area contributed by atoms with Crippen molar-refractivity contribution in [2.24, 2.45) is 11.8 Å².